The molecule has 0 aliphatic carbocycles. The fraction of sp³-hybridized carbons (Fsp3) is 0.500. The van der Waals surface area contributed by atoms with E-state index in [-0.39, 0.29) is 0 Å². The first-order valence-corrected chi connectivity index (χ1v) is 6.58. The molecule has 0 saturated heterocycles. The Bertz CT molecular complexity index is 458. The predicted octanol–water partition coefficient (Wildman–Crippen LogP) is 2.22. The number of ether oxygens (including phenoxy) is 2. The highest BCUT2D eigenvalue weighted by Crippen LogP contribution is 2.31. The molecule has 0 aliphatic rings. The predicted molar refractivity (Wildman–Crippen MR) is 76.2 cm³/mol. The maximum absolute atomic E-state index is 9.01. The summed E-state index contributed by atoms with van der Waals surface area (Å²) >= 11 is 5.96. The lowest BCUT2D eigenvalue weighted by Gasteiger charge is -2.30. The summed E-state index contributed by atoms with van der Waals surface area (Å²) in [6.45, 7) is 1.64. The van der Waals surface area contributed by atoms with Crippen molar-refractivity contribution in [1.29, 1.82) is 0 Å². The van der Waals surface area contributed by atoms with Crippen LogP contribution in [-0.2, 0) is 15.3 Å². The monoisotopic (exact) mass is 301 g/mol. The van der Waals surface area contributed by atoms with E-state index >= 15 is 0 Å². The molecule has 0 aromatic carbocycles. The molecule has 0 spiro atoms. The molecule has 0 bridgehead atoms. The van der Waals surface area contributed by atoms with Crippen LogP contribution in [0.1, 0.15) is 25.5 Å². The number of halogens is 1. The normalized spacial score (nSPS) is 13.1. The molecule has 0 fully saturated rings. The molecule has 20 heavy (non-hydrogen) atoms. The molecule has 1 aromatic heterocycles. The van der Waals surface area contributed by atoms with E-state index in [1.165, 1.54) is 14.2 Å². The van der Waals surface area contributed by atoms with Gasteiger partial charge in [0.15, 0.2) is 6.29 Å². The summed E-state index contributed by atoms with van der Waals surface area (Å²) in [6.07, 6.45) is 2.88. The van der Waals surface area contributed by atoms with Gasteiger partial charge in [0, 0.05) is 31.9 Å². The van der Waals surface area contributed by atoms with Gasteiger partial charge in [-0.1, -0.05) is 17.7 Å². The average Bonchev–Trinajstić information content (AvgIpc) is 2.43. The van der Waals surface area contributed by atoms with E-state index < -0.39 is 12.1 Å². The maximum atomic E-state index is 9.01. The first-order valence-electron chi connectivity index (χ1n) is 6.20. The highest BCUT2D eigenvalue weighted by molar-refractivity contribution is 6.30. The molecule has 0 aliphatic heterocycles. The van der Waals surface area contributed by atoms with Crippen LogP contribution < -0.4 is 0 Å². The van der Waals surface area contributed by atoms with Crippen molar-refractivity contribution in [1.82, 2.24) is 4.98 Å². The van der Waals surface area contributed by atoms with Gasteiger partial charge in [-0.2, -0.15) is 0 Å². The van der Waals surface area contributed by atoms with E-state index in [0.717, 1.165) is 0 Å². The summed E-state index contributed by atoms with van der Waals surface area (Å²) in [5, 5.41) is 18.6. The van der Waals surface area contributed by atoms with Crippen molar-refractivity contribution in [3.8, 4) is 0 Å². The van der Waals surface area contributed by atoms with Crippen molar-refractivity contribution < 1.29 is 19.7 Å². The van der Waals surface area contributed by atoms with Crippen LogP contribution in [0.25, 0.3) is 0 Å². The number of aliphatic hydroxyl groups excluding tert-OH is 1. The minimum Gasteiger partial charge on any atom is -0.365 e. The SMILES string of the molecule is COC(CC/C=C(\C)C(O)O)(OC)c1cc(Cl)ccn1. The Kier molecular flexibility index (Phi) is 6.58. The Balaban J connectivity index is 2.90. The highest BCUT2D eigenvalue weighted by Gasteiger charge is 2.33. The van der Waals surface area contributed by atoms with Crippen molar-refractivity contribution in [3.05, 3.63) is 40.7 Å². The molecular formula is C14H20ClNO4. The van der Waals surface area contributed by atoms with Gasteiger partial charge in [-0.3, -0.25) is 4.98 Å². The van der Waals surface area contributed by atoms with Gasteiger partial charge in [-0.05, 0) is 31.1 Å². The first-order chi connectivity index (χ1) is 9.45. The molecule has 1 rings (SSSR count). The Morgan fingerprint density at radius 2 is 2.10 bits per heavy atom. The third-order valence-electron chi connectivity index (χ3n) is 3.12. The Hall–Kier alpha value is -0.980. The van der Waals surface area contributed by atoms with Gasteiger partial charge in [0.1, 0.15) is 5.69 Å². The summed E-state index contributed by atoms with van der Waals surface area (Å²) in [7, 11) is 3.06. The molecule has 1 aromatic rings. The Morgan fingerprint density at radius 3 is 2.60 bits per heavy atom. The van der Waals surface area contributed by atoms with Crippen LogP contribution in [0.3, 0.4) is 0 Å². The van der Waals surface area contributed by atoms with Gasteiger partial charge in [0.2, 0.25) is 5.79 Å². The van der Waals surface area contributed by atoms with Gasteiger partial charge >= 0.3 is 0 Å². The van der Waals surface area contributed by atoms with E-state index in [9.17, 15) is 0 Å². The largest absolute Gasteiger partial charge is 0.365 e. The number of methoxy groups -OCH3 is 2. The number of allylic oxidation sites excluding steroid dienone is 1. The summed E-state index contributed by atoms with van der Waals surface area (Å²) < 4.78 is 10.9. The first kappa shape index (κ1) is 17.1. The lowest BCUT2D eigenvalue weighted by molar-refractivity contribution is -0.222. The second kappa shape index (κ2) is 7.71. The van der Waals surface area contributed by atoms with Crippen LogP contribution in [0.2, 0.25) is 5.02 Å². The number of rotatable bonds is 7. The van der Waals surface area contributed by atoms with Crippen molar-refractivity contribution in [3.63, 3.8) is 0 Å². The minimum absolute atomic E-state index is 0.470. The zero-order valence-electron chi connectivity index (χ0n) is 11.8. The van der Waals surface area contributed by atoms with Crippen LogP contribution in [0.5, 0.6) is 0 Å². The highest BCUT2D eigenvalue weighted by atomic mass is 35.5. The van der Waals surface area contributed by atoms with Crippen LogP contribution in [0.15, 0.2) is 30.0 Å². The van der Waals surface area contributed by atoms with Crippen LogP contribution in [0.4, 0.5) is 0 Å². The van der Waals surface area contributed by atoms with Gasteiger partial charge in [0.05, 0.1) is 0 Å². The second-order valence-electron chi connectivity index (χ2n) is 4.38. The number of nitrogens with zero attached hydrogens (tertiary/aromatic N) is 1. The maximum Gasteiger partial charge on any atom is 0.212 e. The molecule has 0 saturated carbocycles. The van der Waals surface area contributed by atoms with E-state index in [2.05, 4.69) is 4.98 Å². The number of aliphatic hydroxyl groups is 2. The average molecular weight is 302 g/mol. The second-order valence-corrected chi connectivity index (χ2v) is 4.82. The molecule has 1 heterocycles. The van der Waals surface area contributed by atoms with E-state index in [1.807, 2.05) is 0 Å². The van der Waals surface area contributed by atoms with Crippen molar-refractivity contribution >= 4 is 11.6 Å². The standard InChI is InChI=1S/C14H20ClNO4/c1-10(13(17)18)5-4-7-14(19-2,20-3)12-9-11(15)6-8-16-12/h5-6,8-9,13,17-18H,4,7H2,1-3H3/b10-5+. The molecule has 6 heteroatoms. The zero-order valence-corrected chi connectivity index (χ0v) is 12.6. The van der Waals surface area contributed by atoms with Crippen LogP contribution in [0, 0.1) is 0 Å². The number of hydrogen-bond acceptors (Lipinski definition) is 5. The smallest absolute Gasteiger partial charge is 0.212 e. The number of pyridine rings is 1. The van der Waals surface area contributed by atoms with Crippen molar-refractivity contribution in [2.45, 2.75) is 31.8 Å². The Labute approximate surface area is 123 Å². The van der Waals surface area contributed by atoms with Gasteiger partial charge in [0.25, 0.3) is 0 Å². The summed E-state index contributed by atoms with van der Waals surface area (Å²) in [5.41, 5.74) is 1.05. The third kappa shape index (κ3) is 4.26. The molecule has 0 atom stereocenters. The fourth-order valence-electron chi connectivity index (χ4n) is 1.83. The van der Waals surface area contributed by atoms with Crippen LogP contribution >= 0.6 is 11.6 Å². The van der Waals surface area contributed by atoms with E-state index in [4.69, 9.17) is 31.3 Å². The third-order valence-corrected chi connectivity index (χ3v) is 3.35. The molecule has 0 unspecified atom stereocenters. The molecule has 112 valence electrons. The molecule has 2 N–H and O–H groups in total. The van der Waals surface area contributed by atoms with Gasteiger partial charge in [-0.25, -0.2) is 0 Å². The lowest BCUT2D eigenvalue weighted by Crippen LogP contribution is -2.31. The Morgan fingerprint density at radius 1 is 1.45 bits per heavy atom. The van der Waals surface area contributed by atoms with E-state index in [0.29, 0.717) is 29.1 Å². The molecule has 0 radical (unpaired) electrons. The summed E-state index contributed by atoms with van der Waals surface area (Å²) in [5.74, 6) is -1.01. The molecular weight excluding hydrogens is 282 g/mol. The number of hydrogen-bond donors (Lipinski definition) is 2. The quantitative estimate of drug-likeness (QED) is 0.597. The zero-order chi connectivity index (χ0) is 15.2. The topological polar surface area (TPSA) is 71.8 Å². The van der Waals surface area contributed by atoms with Crippen molar-refractivity contribution in [2.75, 3.05) is 14.2 Å². The summed E-state index contributed by atoms with van der Waals surface area (Å²) in [6, 6.07) is 3.36. The van der Waals surface area contributed by atoms with Gasteiger partial charge in [-0.15, -0.1) is 0 Å². The lowest BCUT2D eigenvalue weighted by atomic mass is 10.0. The minimum atomic E-state index is -1.45. The summed E-state index contributed by atoms with van der Waals surface area (Å²) in [4.78, 5) is 4.23. The van der Waals surface area contributed by atoms with Gasteiger partial charge < -0.3 is 19.7 Å². The number of aromatic nitrogens is 1. The van der Waals surface area contributed by atoms with E-state index in [1.54, 1.807) is 31.3 Å². The molecule has 5 nitrogen and oxygen atoms in total. The molecule has 0 amide bonds. The fourth-order valence-corrected chi connectivity index (χ4v) is 1.99. The van der Waals surface area contributed by atoms with Crippen LogP contribution in [-0.4, -0.2) is 35.7 Å². The van der Waals surface area contributed by atoms with Crippen molar-refractivity contribution in [2.24, 2.45) is 0 Å².